The van der Waals surface area contributed by atoms with Crippen LogP contribution in [0, 0.1) is 0 Å². The van der Waals surface area contributed by atoms with Gasteiger partial charge in [0.05, 0.1) is 7.11 Å². The first-order valence-corrected chi connectivity index (χ1v) is 4.76. The molecule has 1 aromatic rings. The Bertz CT molecular complexity index is 400. The van der Waals surface area contributed by atoms with Crippen LogP contribution in [0.5, 0.6) is 11.5 Å². The van der Waals surface area contributed by atoms with Crippen molar-refractivity contribution in [2.24, 2.45) is 0 Å². The molecule has 0 radical (unpaired) electrons. The van der Waals surface area contributed by atoms with Crippen LogP contribution in [0.25, 0.3) is 0 Å². The van der Waals surface area contributed by atoms with E-state index in [4.69, 9.17) is 14.9 Å². The number of hydrogen-bond acceptors (Lipinski definition) is 4. The number of hydrogen-bond donors (Lipinski definition) is 3. The van der Waals surface area contributed by atoms with Gasteiger partial charge in [0.1, 0.15) is 17.1 Å². The number of rotatable bonds is 4. The molecule has 3 N–H and O–H groups in total. The highest BCUT2D eigenvalue weighted by Gasteiger charge is 2.18. The molecule has 1 aromatic carbocycles. The minimum Gasteiger partial charge on any atom is -0.507 e. The van der Waals surface area contributed by atoms with Crippen LogP contribution >= 0.6 is 0 Å². The standard InChI is InChI=1S/C11H14O5/c1-6(5-12)7-3-8(11(14)15)9(13)4-10(7)16-2/h3-4,6,12-13H,5H2,1-2H3,(H,14,15). The summed E-state index contributed by atoms with van der Waals surface area (Å²) in [6, 6.07) is 2.56. The zero-order valence-corrected chi connectivity index (χ0v) is 9.10. The summed E-state index contributed by atoms with van der Waals surface area (Å²) < 4.78 is 5.02. The summed E-state index contributed by atoms with van der Waals surface area (Å²) in [5, 5.41) is 27.3. The molecule has 1 atom stereocenters. The van der Waals surface area contributed by atoms with Crippen molar-refractivity contribution < 1.29 is 24.9 Å². The summed E-state index contributed by atoms with van der Waals surface area (Å²) in [7, 11) is 1.42. The number of phenols is 1. The number of aromatic carboxylic acids is 1. The van der Waals surface area contributed by atoms with Gasteiger partial charge in [-0.05, 0) is 6.07 Å². The van der Waals surface area contributed by atoms with E-state index in [1.165, 1.54) is 19.2 Å². The predicted molar refractivity (Wildman–Crippen MR) is 57.1 cm³/mol. The molecule has 88 valence electrons. The van der Waals surface area contributed by atoms with Crippen LogP contribution in [-0.2, 0) is 0 Å². The van der Waals surface area contributed by atoms with Gasteiger partial charge in [0.15, 0.2) is 0 Å². The van der Waals surface area contributed by atoms with Gasteiger partial charge in [-0.3, -0.25) is 0 Å². The van der Waals surface area contributed by atoms with Gasteiger partial charge >= 0.3 is 5.97 Å². The number of methoxy groups -OCH3 is 1. The van der Waals surface area contributed by atoms with Crippen molar-refractivity contribution in [2.45, 2.75) is 12.8 Å². The molecular weight excluding hydrogens is 212 g/mol. The van der Waals surface area contributed by atoms with Crippen molar-refractivity contribution in [1.29, 1.82) is 0 Å². The van der Waals surface area contributed by atoms with Gasteiger partial charge in [-0.2, -0.15) is 0 Å². The third kappa shape index (κ3) is 2.25. The Hall–Kier alpha value is -1.75. The van der Waals surface area contributed by atoms with Gasteiger partial charge in [-0.15, -0.1) is 0 Å². The average molecular weight is 226 g/mol. The zero-order chi connectivity index (χ0) is 12.3. The highest BCUT2D eigenvalue weighted by molar-refractivity contribution is 5.91. The molecule has 0 aliphatic heterocycles. The number of benzene rings is 1. The second kappa shape index (κ2) is 4.85. The smallest absolute Gasteiger partial charge is 0.339 e. The van der Waals surface area contributed by atoms with Crippen molar-refractivity contribution in [3.8, 4) is 11.5 Å². The summed E-state index contributed by atoms with van der Waals surface area (Å²) in [4.78, 5) is 10.8. The predicted octanol–water partition coefficient (Wildman–Crippen LogP) is 1.19. The van der Waals surface area contributed by atoms with Crippen molar-refractivity contribution >= 4 is 5.97 Å². The molecule has 1 rings (SSSR count). The molecule has 0 saturated carbocycles. The van der Waals surface area contributed by atoms with E-state index in [1.807, 2.05) is 0 Å². The number of carboxylic acids is 1. The number of ether oxygens (including phenoxy) is 1. The van der Waals surface area contributed by atoms with Crippen LogP contribution in [-0.4, -0.2) is 35.0 Å². The molecule has 0 amide bonds. The summed E-state index contributed by atoms with van der Waals surface area (Å²) in [5.74, 6) is -1.46. The first kappa shape index (κ1) is 12.3. The van der Waals surface area contributed by atoms with Crippen LogP contribution < -0.4 is 4.74 Å². The van der Waals surface area contributed by atoms with Crippen LogP contribution in [0.15, 0.2) is 12.1 Å². The maximum Gasteiger partial charge on any atom is 0.339 e. The van der Waals surface area contributed by atoms with Crippen molar-refractivity contribution in [2.75, 3.05) is 13.7 Å². The summed E-state index contributed by atoms with van der Waals surface area (Å²) in [6.07, 6.45) is 0. The van der Waals surface area contributed by atoms with Gasteiger partial charge in [-0.25, -0.2) is 4.79 Å². The molecule has 0 aliphatic rings. The molecule has 0 aliphatic carbocycles. The summed E-state index contributed by atoms with van der Waals surface area (Å²) in [5.41, 5.74) is 0.358. The Balaban J connectivity index is 3.34. The molecule has 0 saturated heterocycles. The number of carbonyl (C=O) groups is 1. The third-order valence-electron chi connectivity index (χ3n) is 2.38. The van der Waals surface area contributed by atoms with Gasteiger partial charge in [-0.1, -0.05) is 6.92 Å². The van der Waals surface area contributed by atoms with E-state index in [0.717, 1.165) is 0 Å². The molecule has 0 aromatic heterocycles. The lowest BCUT2D eigenvalue weighted by Gasteiger charge is -2.15. The molecule has 5 heteroatoms. The van der Waals surface area contributed by atoms with Gasteiger partial charge < -0.3 is 20.1 Å². The Morgan fingerprint density at radius 2 is 2.12 bits per heavy atom. The molecule has 0 heterocycles. The largest absolute Gasteiger partial charge is 0.507 e. The maximum atomic E-state index is 10.8. The molecule has 5 nitrogen and oxygen atoms in total. The topological polar surface area (TPSA) is 87.0 Å². The highest BCUT2D eigenvalue weighted by atomic mass is 16.5. The van der Waals surface area contributed by atoms with E-state index in [2.05, 4.69) is 0 Å². The monoisotopic (exact) mass is 226 g/mol. The van der Waals surface area contributed by atoms with Crippen LogP contribution in [0.2, 0.25) is 0 Å². The highest BCUT2D eigenvalue weighted by Crippen LogP contribution is 2.32. The van der Waals surface area contributed by atoms with E-state index >= 15 is 0 Å². The normalized spacial score (nSPS) is 12.2. The van der Waals surface area contributed by atoms with E-state index in [9.17, 15) is 9.90 Å². The second-order valence-corrected chi connectivity index (χ2v) is 3.50. The van der Waals surface area contributed by atoms with E-state index in [-0.39, 0.29) is 23.8 Å². The van der Waals surface area contributed by atoms with E-state index in [1.54, 1.807) is 6.92 Å². The van der Waals surface area contributed by atoms with Crippen molar-refractivity contribution in [3.05, 3.63) is 23.3 Å². The minimum absolute atomic E-state index is 0.125. The van der Waals surface area contributed by atoms with Gasteiger partial charge in [0.2, 0.25) is 0 Å². The molecule has 0 spiro atoms. The fraction of sp³-hybridized carbons (Fsp3) is 0.364. The molecule has 1 unspecified atom stereocenters. The number of aliphatic hydroxyl groups excluding tert-OH is 1. The number of aliphatic hydroxyl groups is 1. The lowest BCUT2D eigenvalue weighted by atomic mass is 9.98. The first-order valence-electron chi connectivity index (χ1n) is 4.76. The van der Waals surface area contributed by atoms with Crippen LogP contribution in [0.4, 0.5) is 0 Å². The van der Waals surface area contributed by atoms with E-state index in [0.29, 0.717) is 11.3 Å². The van der Waals surface area contributed by atoms with Crippen molar-refractivity contribution in [3.63, 3.8) is 0 Å². The lowest BCUT2D eigenvalue weighted by molar-refractivity contribution is 0.0693. The maximum absolute atomic E-state index is 10.8. The average Bonchev–Trinajstić information content (AvgIpc) is 2.27. The molecule has 0 bridgehead atoms. The Labute approximate surface area is 92.9 Å². The zero-order valence-electron chi connectivity index (χ0n) is 9.10. The van der Waals surface area contributed by atoms with Crippen molar-refractivity contribution in [1.82, 2.24) is 0 Å². The summed E-state index contributed by atoms with van der Waals surface area (Å²) in [6.45, 7) is 1.61. The molecule has 0 fully saturated rings. The van der Waals surface area contributed by atoms with Gasteiger partial charge in [0, 0.05) is 24.2 Å². The number of aromatic hydroxyl groups is 1. The second-order valence-electron chi connectivity index (χ2n) is 3.50. The first-order chi connectivity index (χ1) is 7.51. The lowest BCUT2D eigenvalue weighted by Crippen LogP contribution is -2.05. The Kier molecular flexibility index (Phi) is 3.73. The molecule has 16 heavy (non-hydrogen) atoms. The van der Waals surface area contributed by atoms with Crippen LogP contribution in [0.3, 0.4) is 0 Å². The minimum atomic E-state index is -1.22. The Morgan fingerprint density at radius 1 is 1.50 bits per heavy atom. The Morgan fingerprint density at radius 3 is 2.56 bits per heavy atom. The van der Waals surface area contributed by atoms with Gasteiger partial charge in [0.25, 0.3) is 0 Å². The fourth-order valence-electron chi connectivity index (χ4n) is 1.42. The van der Waals surface area contributed by atoms with Crippen LogP contribution in [0.1, 0.15) is 28.8 Å². The van der Waals surface area contributed by atoms with E-state index < -0.39 is 5.97 Å². The summed E-state index contributed by atoms with van der Waals surface area (Å²) >= 11 is 0. The molecular formula is C11H14O5. The number of carboxylic acid groups (broad SMARTS) is 1. The quantitative estimate of drug-likeness (QED) is 0.718. The third-order valence-corrected chi connectivity index (χ3v) is 2.38. The SMILES string of the molecule is COc1cc(O)c(C(=O)O)cc1C(C)CO. The fourth-order valence-corrected chi connectivity index (χ4v) is 1.42.